The van der Waals surface area contributed by atoms with Crippen molar-refractivity contribution in [3.05, 3.63) is 35.7 Å². The second-order valence-corrected chi connectivity index (χ2v) is 14.0. The second-order valence-electron chi connectivity index (χ2n) is 9.83. The van der Waals surface area contributed by atoms with Crippen LogP contribution in [0.1, 0.15) is 12.5 Å². The van der Waals surface area contributed by atoms with Gasteiger partial charge in [0.05, 0.1) is 32.2 Å². The van der Waals surface area contributed by atoms with Crippen LogP contribution in [0.2, 0.25) is 0 Å². The van der Waals surface area contributed by atoms with E-state index < -0.39 is 82.5 Å². The smallest absolute Gasteiger partial charge is 0.382 e. The fourth-order valence-corrected chi connectivity index (χ4v) is 7.56. The molecular formula is C20H21F2N9O10P2S. The van der Waals surface area contributed by atoms with Crippen LogP contribution in [0.5, 0.6) is 0 Å². The van der Waals surface area contributed by atoms with Crippen molar-refractivity contribution in [2.75, 3.05) is 18.9 Å². The largest absolute Gasteiger partial charge is 0.472 e. The molecule has 236 valence electrons. The topological polar surface area (TPSA) is 246 Å². The molecule has 3 aliphatic heterocycles. The molecule has 3 saturated heterocycles. The summed E-state index contributed by atoms with van der Waals surface area (Å²) in [6, 6.07) is 0. The number of hydrogen-bond donors (Lipinski definition) is 4. The SMILES string of the molecule is Nc1ncnc2c1ncn2C1OC2COP(=O)(O)O[C@@H]3C(COP(O)(=S)O[C@H]2[C@H]1F)OC(n1cnc2c(=O)[nH]cnc21)[C@@H]3F. The molecule has 44 heavy (non-hydrogen) atoms. The van der Waals surface area contributed by atoms with Gasteiger partial charge in [0.15, 0.2) is 47.4 Å². The molecule has 6 unspecified atom stereocenters. The third-order valence-corrected chi connectivity index (χ3v) is 9.69. The summed E-state index contributed by atoms with van der Waals surface area (Å²) in [4.78, 5) is 55.6. The van der Waals surface area contributed by atoms with Crippen LogP contribution < -0.4 is 11.3 Å². The van der Waals surface area contributed by atoms with Crippen molar-refractivity contribution in [3.63, 3.8) is 0 Å². The molecule has 0 saturated carbocycles. The van der Waals surface area contributed by atoms with E-state index in [1.54, 1.807) is 0 Å². The first-order valence-electron chi connectivity index (χ1n) is 12.7. The van der Waals surface area contributed by atoms with E-state index in [0.717, 1.165) is 23.5 Å². The lowest BCUT2D eigenvalue weighted by molar-refractivity contribution is -0.0623. The quantitative estimate of drug-likeness (QED) is 0.206. The number of nitrogens with one attached hydrogen (secondary N) is 1. The first-order chi connectivity index (χ1) is 20.9. The molecule has 10 atom stereocenters. The van der Waals surface area contributed by atoms with Gasteiger partial charge in [-0.1, -0.05) is 0 Å². The molecule has 0 spiro atoms. The van der Waals surface area contributed by atoms with Crippen molar-refractivity contribution < 1.29 is 50.7 Å². The Morgan fingerprint density at radius 1 is 0.909 bits per heavy atom. The van der Waals surface area contributed by atoms with Crippen LogP contribution in [0.15, 0.2) is 30.1 Å². The number of fused-ring (bicyclic) bond motifs is 4. The van der Waals surface area contributed by atoms with Crippen LogP contribution >= 0.6 is 14.5 Å². The zero-order valence-electron chi connectivity index (χ0n) is 21.8. The molecule has 3 aliphatic rings. The standard InChI is InChI=1S/C20H21F2N9O10P2S/c21-9-13-8(39-19(9)31-6-29-12-17(31)26-4-27-18(12)32)2-37-43(35,44)41-14-7(1-36-42(33,34)40-13)38-20(10(14)22)30-5-28-11-15(23)24-3-25-16(11)30/h3-10,13-14,19-20H,1-2H2,(H,33,34)(H,35,44)(H2,23,24,25)(H,26,27,32)/t7?,8?,9-,10-,13-,14-,19?,20?,43?/m1/s1. The van der Waals surface area contributed by atoms with Crippen LogP contribution in [0.4, 0.5) is 14.6 Å². The van der Waals surface area contributed by atoms with Crippen molar-refractivity contribution >= 4 is 54.5 Å². The summed E-state index contributed by atoms with van der Waals surface area (Å²) in [6.07, 6.45) is -9.27. The lowest BCUT2D eigenvalue weighted by Gasteiger charge is -2.28. The number of ether oxygens (including phenoxy) is 2. The number of alkyl halides is 2. The van der Waals surface area contributed by atoms with Crippen molar-refractivity contribution in [1.29, 1.82) is 0 Å². The number of nitrogens with zero attached hydrogens (tertiary/aromatic N) is 7. The molecule has 7 heterocycles. The minimum atomic E-state index is -5.10. The van der Waals surface area contributed by atoms with Crippen LogP contribution in [0.3, 0.4) is 0 Å². The first kappa shape index (κ1) is 29.8. The number of aromatic amines is 1. The molecule has 5 N–H and O–H groups in total. The average Bonchev–Trinajstić information content (AvgIpc) is 3.73. The Morgan fingerprint density at radius 2 is 1.50 bits per heavy atom. The third-order valence-electron chi connectivity index (χ3n) is 7.15. The number of anilines is 1. The van der Waals surface area contributed by atoms with Crippen molar-refractivity contribution in [2.24, 2.45) is 0 Å². The van der Waals surface area contributed by atoms with Gasteiger partial charge in [0.1, 0.15) is 36.3 Å². The van der Waals surface area contributed by atoms with Gasteiger partial charge in [-0.05, 0) is 11.8 Å². The molecule has 0 bridgehead atoms. The highest BCUT2D eigenvalue weighted by atomic mass is 32.5. The monoisotopic (exact) mass is 679 g/mol. The number of nitrogens with two attached hydrogens (primary N) is 1. The van der Waals surface area contributed by atoms with E-state index in [2.05, 4.69) is 29.9 Å². The van der Waals surface area contributed by atoms with Gasteiger partial charge in [-0.3, -0.25) is 27.5 Å². The maximum absolute atomic E-state index is 15.9. The average molecular weight is 679 g/mol. The number of phosphoric ester groups is 1. The summed E-state index contributed by atoms with van der Waals surface area (Å²) in [5.74, 6) is 0.0261. The highest BCUT2D eigenvalue weighted by Crippen LogP contribution is 2.54. The Labute approximate surface area is 248 Å². The van der Waals surface area contributed by atoms with Crippen LogP contribution in [0.25, 0.3) is 22.3 Å². The summed E-state index contributed by atoms with van der Waals surface area (Å²) in [5.41, 5.74) is 5.31. The van der Waals surface area contributed by atoms with Gasteiger partial charge in [-0.25, -0.2) is 38.3 Å². The fourth-order valence-electron chi connectivity index (χ4n) is 5.17. The second kappa shape index (κ2) is 10.9. The van der Waals surface area contributed by atoms with E-state index in [4.69, 9.17) is 45.1 Å². The number of hydrogen-bond acceptors (Lipinski definition) is 15. The lowest BCUT2D eigenvalue weighted by atomic mass is 10.1. The summed E-state index contributed by atoms with van der Waals surface area (Å²) >= 11 is 5.10. The molecule has 4 aromatic heterocycles. The Hall–Kier alpha value is -2.88. The Morgan fingerprint density at radius 3 is 2.18 bits per heavy atom. The predicted octanol–water partition coefficient (Wildman–Crippen LogP) is 0.147. The molecular weight excluding hydrogens is 658 g/mol. The van der Waals surface area contributed by atoms with Crippen LogP contribution in [-0.4, -0.2) is 98.8 Å². The Bertz CT molecular complexity index is 1900. The van der Waals surface area contributed by atoms with E-state index in [-0.39, 0.29) is 28.1 Å². The summed E-state index contributed by atoms with van der Waals surface area (Å²) < 4.78 is 79.6. The van der Waals surface area contributed by atoms with Crippen molar-refractivity contribution in [1.82, 2.24) is 39.0 Å². The molecule has 24 heteroatoms. The minimum Gasteiger partial charge on any atom is -0.382 e. The number of imidazole rings is 2. The maximum atomic E-state index is 15.9. The summed E-state index contributed by atoms with van der Waals surface area (Å²) in [7, 11) is -5.10. The van der Waals surface area contributed by atoms with E-state index in [1.165, 1.54) is 10.9 Å². The molecule has 0 aliphatic carbocycles. The van der Waals surface area contributed by atoms with Crippen LogP contribution in [-0.2, 0) is 43.9 Å². The van der Waals surface area contributed by atoms with E-state index in [0.29, 0.717) is 0 Å². The van der Waals surface area contributed by atoms with Gasteiger partial charge in [0, 0.05) is 0 Å². The van der Waals surface area contributed by atoms with Gasteiger partial charge < -0.3 is 34.5 Å². The highest BCUT2D eigenvalue weighted by Gasteiger charge is 2.54. The molecule has 19 nitrogen and oxygen atoms in total. The van der Waals surface area contributed by atoms with Gasteiger partial charge >= 0.3 is 14.5 Å². The van der Waals surface area contributed by atoms with Crippen LogP contribution in [0, 0.1) is 0 Å². The molecule has 0 radical (unpaired) electrons. The van der Waals surface area contributed by atoms with E-state index >= 15 is 8.78 Å². The Balaban J connectivity index is 1.17. The van der Waals surface area contributed by atoms with Gasteiger partial charge in [0.25, 0.3) is 5.56 Å². The van der Waals surface area contributed by atoms with E-state index in [9.17, 15) is 19.1 Å². The third kappa shape index (κ3) is 5.14. The number of nitrogen functional groups attached to an aromatic ring is 1. The predicted molar refractivity (Wildman–Crippen MR) is 143 cm³/mol. The molecule has 7 rings (SSSR count). The van der Waals surface area contributed by atoms with Crippen molar-refractivity contribution in [2.45, 2.75) is 49.2 Å². The minimum absolute atomic E-state index is 0.0261. The van der Waals surface area contributed by atoms with Gasteiger partial charge in [-0.15, -0.1) is 0 Å². The van der Waals surface area contributed by atoms with Crippen molar-refractivity contribution in [3.8, 4) is 0 Å². The lowest BCUT2D eigenvalue weighted by Crippen LogP contribution is -2.37. The van der Waals surface area contributed by atoms with Gasteiger partial charge in [-0.2, -0.15) is 0 Å². The number of halogens is 2. The zero-order valence-corrected chi connectivity index (χ0v) is 24.4. The molecule has 0 aromatic carbocycles. The number of rotatable bonds is 2. The summed E-state index contributed by atoms with van der Waals surface area (Å²) in [5, 5.41) is 0. The van der Waals surface area contributed by atoms with Gasteiger partial charge in [0.2, 0.25) is 0 Å². The number of aromatic nitrogens is 8. The summed E-state index contributed by atoms with van der Waals surface area (Å²) in [6.45, 7) is -5.86. The number of H-pyrrole nitrogens is 1. The molecule has 0 amide bonds. The highest BCUT2D eigenvalue weighted by molar-refractivity contribution is 8.07. The number of phosphoric acid groups is 1. The molecule has 3 fully saturated rings. The Kier molecular flexibility index (Phi) is 7.37. The normalized spacial score (nSPS) is 38.3. The van der Waals surface area contributed by atoms with E-state index in [1.807, 2.05) is 0 Å². The molecule has 4 aromatic rings. The first-order valence-corrected chi connectivity index (χ1v) is 16.7. The zero-order chi connectivity index (χ0) is 31.0. The maximum Gasteiger partial charge on any atom is 0.472 e. The fraction of sp³-hybridized carbons (Fsp3) is 0.500.